The van der Waals surface area contributed by atoms with Gasteiger partial charge in [-0.3, -0.25) is 0 Å². The Labute approximate surface area is 81.5 Å². The molecular formula is C11H20N2. The second kappa shape index (κ2) is 5.24. The van der Waals surface area contributed by atoms with Crippen LogP contribution in [-0.4, -0.2) is 24.5 Å². The smallest absolute Gasteiger partial charge is 0.0672 e. The molecule has 74 valence electrons. The lowest BCUT2D eigenvalue weighted by molar-refractivity contribution is 0.200. The molecule has 0 amide bonds. The Kier molecular flexibility index (Phi) is 4.24. The van der Waals surface area contributed by atoms with Crippen molar-refractivity contribution in [2.75, 3.05) is 13.6 Å². The van der Waals surface area contributed by atoms with Crippen LogP contribution in [0.5, 0.6) is 0 Å². The summed E-state index contributed by atoms with van der Waals surface area (Å²) in [6.45, 7) is 3.29. The highest BCUT2D eigenvalue weighted by Crippen LogP contribution is 2.22. The highest BCUT2D eigenvalue weighted by Gasteiger charge is 2.24. The molecule has 1 saturated heterocycles. The zero-order valence-electron chi connectivity index (χ0n) is 8.79. The van der Waals surface area contributed by atoms with Crippen molar-refractivity contribution in [3.05, 3.63) is 0 Å². The summed E-state index contributed by atoms with van der Waals surface area (Å²) in [6, 6.07) is 2.95. The summed E-state index contributed by atoms with van der Waals surface area (Å²) in [5.41, 5.74) is 0. The van der Waals surface area contributed by atoms with Crippen molar-refractivity contribution >= 4 is 0 Å². The van der Waals surface area contributed by atoms with Gasteiger partial charge in [-0.05, 0) is 32.9 Å². The van der Waals surface area contributed by atoms with Crippen molar-refractivity contribution in [1.29, 1.82) is 5.26 Å². The van der Waals surface area contributed by atoms with Crippen LogP contribution in [0.15, 0.2) is 0 Å². The lowest BCUT2D eigenvalue weighted by atomic mass is 9.94. The zero-order valence-corrected chi connectivity index (χ0v) is 8.79. The summed E-state index contributed by atoms with van der Waals surface area (Å²) in [7, 11) is 2.16. The van der Waals surface area contributed by atoms with E-state index in [-0.39, 0.29) is 5.92 Å². The van der Waals surface area contributed by atoms with Gasteiger partial charge in [-0.1, -0.05) is 19.8 Å². The van der Waals surface area contributed by atoms with Gasteiger partial charge in [0.15, 0.2) is 0 Å². The van der Waals surface area contributed by atoms with Crippen LogP contribution in [0.2, 0.25) is 0 Å². The van der Waals surface area contributed by atoms with E-state index in [9.17, 15) is 0 Å². The lowest BCUT2D eigenvalue weighted by Gasteiger charge is -2.28. The summed E-state index contributed by atoms with van der Waals surface area (Å²) in [4.78, 5) is 2.38. The third kappa shape index (κ3) is 2.70. The summed E-state index contributed by atoms with van der Waals surface area (Å²) < 4.78 is 0. The summed E-state index contributed by atoms with van der Waals surface area (Å²) in [6.07, 6.45) is 6.14. The summed E-state index contributed by atoms with van der Waals surface area (Å²) in [5.74, 6) is 0.239. The fraction of sp³-hybridized carbons (Fsp3) is 0.909. The van der Waals surface area contributed by atoms with Crippen LogP contribution in [0.4, 0.5) is 0 Å². The quantitative estimate of drug-likeness (QED) is 0.652. The Morgan fingerprint density at radius 2 is 2.23 bits per heavy atom. The van der Waals surface area contributed by atoms with Crippen LogP contribution in [0, 0.1) is 17.2 Å². The highest BCUT2D eigenvalue weighted by molar-refractivity contribution is 4.92. The molecule has 2 heteroatoms. The van der Waals surface area contributed by atoms with E-state index < -0.39 is 0 Å². The zero-order chi connectivity index (χ0) is 9.68. The molecule has 2 nitrogen and oxygen atoms in total. The normalized spacial score (nSPS) is 27.6. The first kappa shape index (κ1) is 10.5. The molecular weight excluding hydrogens is 160 g/mol. The number of likely N-dealkylation sites (tertiary alicyclic amines) is 1. The second-order valence-electron chi connectivity index (χ2n) is 4.04. The first-order chi connectivity index (χ1) is 6.29. The maximum absolute atomic E-state index is 9.01. The molecule has 0 spiro atoms. The number of rotatable bonds is 2. The monoisotopic (exact) mass is 180 g/mol. The van der Waals surface area contributed by atoms with Crippen molar-refractivity contribution in [1.82, 2.24) is 4.90 Å². The molecule has 0 N–H and O–H groups in total. The topological polar surface area (TPSA) is 27.0 Å². The number of hydrogen-bond donors (Lipinski definition) is 0. The van der Waals surface area contributed by atoms with Gasteiger partial charge in [0.2, 0.25) is 0 Å². The Bertz CT molecular complexity index is 183. The fourth-order valence-corrected chi connectivity index (χ4v) is 2.24. The van der Waals surface area contributed by atoms with E-state index in [0.717, 1.165) is 6.42 Å². The maximum Gasteiger partial charge on any atom is 0.0672 e. The van der Waals surface area contributed by atoms with Gasteiger partial charge in [-0.25, -0.2) is 0 Å². The van der Waals surface area contributed by atoms with E-state index in [1.54, 1.807) is 0 Å². The Morgan fingerprint density at radius 3 is 2.85 bits per heavy atom. The Hall–Kier alpha value is -0.550. The number of hydrogen-bond acceptors (Lipinski definition) is 2. The first-order valence-corrected chi connectivity index (χ1v) is 5.39. The van der Waals surface area contributed by atoms with Crippen molar-refractivity contribution in [2.24, 2.45) is 5.92 Å². The van der Waals surface area contributed by atoms with Crippen molar-refractivity contribution in [2.45, 2.75) is 45.1 Å². The molecule has 1 rings (SSSR count). The van der Waals surface area contributed by atoms with Gasteiger partial charge in [0.05, 0.1) is 12.0 Å². The molecule has 1 fully saturated rings. The molecule has 2 unspecified atom stereocenters. The average molecular weight is 180 g/mol. The predicted octanol–water partition coefficient (Wildman–Crippen LogP) is 2.41. The molecule has 0 radical (unpaired) electrons. The van der Waals surface area contributed by atoms with Crippen LogP contribution in [0.1, 0.15) is 39.0 Å². The molecule has 1 aliphatic heterocycles. The van der Waals surface area contributed by atoms with E-state index in [1.165, 1.54) is 32.2 Å². The van der Waals surface area contributed by atoms with E-state index in [4.69, 9.17) is 5.26 Å². The van der Waals surface area contributed by atoms with Crippen molar-refractivity contribution in [3.63, 3.8) is 0 Å². The second-order valence-corrected chi connectivity index (χ2v) is 4.04. The Balaban J connectivity index is 2.58. The van der Waals surface area contributed by atoms with E-state index >= 15 is 0 Å². The van der Waals surface area contributed by atoms with Crippen LogP contribution in [0.3, 0.4) is 0 Å². The van der Waals surface area contributed by atoms with Crippen molar-refractivity contribution in [3.8, 4) is 6.07 Å². The Morgan fingerprint density at radius 1 is 1.46 bits per heavy atom. The largest absolute Gasteiger partial charge is 0.302 e. The van der Waals surface area contributed by atoms with Gasteiger partial charge in [0.25, 0.3) is 0 Å². The standard InChI is InChI=1S/C11H20N2/c1-3-10(9-12)11-7-5-4-6-8-13(11)2/h10-11H,3-8H2,1-2H3. The molecule has 0 aromatic heterocycles. The molecule has 0 aromatic carbocycles. The fourth-order valence-electron chi connectivity index (χ4n) is 2.24. The maximum atomic E-state index is 9.01. The van der Waals surface area contributed by atoms with Gasteiger partial charge in [0.1, 0.15) is 0 Å². The molecule has 0 saturated carbocycles. The number of nitrogens with zero attached hydrogens (tertiary/aromatic N) is 2. The van der Waals surface area contributed by atoms with Gasteiger partial charge in [-0.2, -0.15) is 5.26 Å². The van der Waals surface area contributed by atoms with Crippen LogP contribution in [-0.2, 0) is 0 Å². The van der Waals surface area contributed by atoms with Crippen LogP contribution >= 0.6 is 0 Å². The minimum atomic E-state index is 0.239. The van der Waals surface area contributed by atoms with E-state index in [1.807, 2.05) is 0 Å². The minimum Gasteiger partial charge on any atom is -0.302 e. The number of nitriles is 1. The van der Waals surface area contributed by atoms with E-state index in [2.05, 4.69) is 24.9 Å². The third-order valence-corrected chi connectivity index (χ3v) is 3.15. The summed E-state index contributed by atoms with van der Waals surface area (Å²) in [5, 5.41) is 9.01. The molecule has 1 heterocycles. The minimum absolute atomic E-state index is 0.239. The van der Waals surface area contributed by atoms with Gasteiger partial charge >= 0.3 is 0 Å². The SMILES string of the molecule is CCC(C#N)C1CCCCCN1C. The van der Waals surface area contributed by atoms with Crippen LogP contribution < -0.4 is 0 Å². The summed E-state index contributed by atoms with van der Waals surface area (Å²) >= 11 is 0. The van der Waals surface area contributed by atoms with Gasteiger partial charge < -0.3 is 4.90 Å². The third-order valence-electron chi connectivity index (χ3n) is 3.15. The average Bonchev–Trinajstić information content (AvgIpc) is 2.34. The molecule has 1 aliphatic rings. The van der Waals surface area contributed by atoms with Crippen molar-refractivity contribution < 1.29 is 0 Å². The predicted molar refractivity (Wildman–Crippen MR) is 54.3 cm³/mol. The molecule has 0 aromatic rings. The van der Waals surface area contributed by atoms with Gasteiger partial charge in [-0.15, -0.1) is 0 Å². The lowest BCUT2D eigenvalue weighted by Crippen LogP contribution is -2.36. The molecule has 0 bridgehead atoms. The molecule has 0 aliphatic carbocycles. The first-order valence-electron chi connectivity index (χ1n) is 5.39. The van der Waals surface area contributed by atoms with E-state index in [0.29, 0.717) is 6.04 Å². The highest BCUT2D eigenvalue weighted by atomic mass is 15.1. The van der Waals surface area contributed by atoms with Gasteiger partial charge in [0, 0.05) is 6.04 Å². The molecule has 2 atom stereocenters. The van der Waals surface area contributed by atoms with Crippen LogP contribution in [0.25, 0.3) is 0 Å². The molecule has 13 heavy (non-hydrogen) atoms.